The minimum atomic E-state index is -0.563. The quantitative estimate of drug-likeness (QED) is 0.660. The lowest BCUT2D eigenvalue weighted by atomic mass is 10.1. The van der Waals surface area contributed by atoms with E-state index in [-0.39, 0.29) is 17.4 Å². The minimum absolute atomic E-state index is 0.0449. The Bertz CT molecular complexity index is 488. The SMILES string of the molecule is CNC(=O)C(C)CN(C)c1cccc(C(N)=O)c1N. The monoisotopic (exact) mass is 264 g/mol. The van der Waals surface area contributed by atoms with Crippen molar-refractivity contribution < 1.29 is 9.59 Å². The zero-order valence-electron chi connectivity index (χ0n) is 11.4. The van der Waals surface area contributed by atoms with Crippen LogP contribution in [0, 0.1) is 5.92 Å². The molecule has 0 heterocycles. The average Bonchev–Trinajstić information content (AvgIpc) is 2.37. The first-order valence-electron chi connectivity index (χ1n) is 5.99. The third-order valence-corrected chi connectivity index (χ3v) is 3.00. The van der Waals surface area contributed by atoms with E-state index in [9.17, 15) is 9.59 Å². The van der Waals surface area contributed by atoms with Gasteiger partial charge in [0.25, 0.3) is 5.91 Å². The van der Waals surface area contributed by atoms with E-state index in [4.69, 9.17) is 11.5 Å². The van der Waals surface area contributed by atoms with Crippen molar-refractivity contribution in [3.63, 3.8) is 0 Å². The molecule has 0 saturated heterocycles. The van der Waals surface area contributed by atoms with Crippen molar-refractivity contribution in [2.45, 2.75) is 6.92 Å². The number of primary amides is 1. The molecule has 0 aliphatic rings. The summed E-state index contributed by atoms with van der Waals surface area (Å²) in [4.78, 5) is 24.6. The highest BCUT2D eigenvalue weighted by atomic mass is 16.2. The highest BCUT2D eigenvalue weighted by Gasteiger charge is 2.17. The van der Waals surface area contributed by atoms with Gasteiger partial charge < -0.3 is 21.7 Å². The zero-order valence-corrected chi connectivity index (χ0v) is 11.4. The van der Waals surface area contributed by atoms with Gasteiger partial charge in [-0.3, -0.25) is 9.59 Å². The molecule has 6 nitrogen and oxygen atoms in total. The van der Waals surface area contributed by atoms with E-state index in [1.165, 1.54) is 0 Å². The van der Waals surface area contributed by atoms with Gasteiger partial charge >= 0.3 is 0 Å². The van der Waals surface area contributed by atoms with E-state index in [2.05, 4.69) is 5.32 Å². The molecule has 1 aromatic carbocycles. The Kier molecular flexibility index (Phi) is 4.74. The van der Waals surface area contributed by atoms with E-state index in [0.717, 1.165) is 0 Å². The van der Waals surface area contributed by atoms with Crippen LogP contribution in [0.25, 0.3) is 0 Å². The third kappa shape index (κ3) is 3.37. The van der Waals surface area contributed by atoms with Crippen molar-refractivity contribution in [3.05, 3.63) is 23.8 Å². The number of nitrogens with two attached hydrogens (primary N) is 2. The van der Waals surface area contributed by atoms with Gasteiger partial charge in [-0.15, -0.1) is 0 Å². The van der Waals surface area contributed by atoms with E-state index in [1.807, 2.05) is 18.9 Å². The summed E-state index contributed by atoms with van der Waals surface area (Å²) in [6, 6.07) is 5.09. The van der Waals surface area contributed by atoms with E-state index >= 15 is 0 Å². The number of carbonyl (C=O) groups is 2. The number of hydrogen-bond acceptors (Lipinski definition) is 4. The van der Waals surface area contributed by atoms with Gasteiger partial charge in [0.1, 0.15) is 0 Å². The number of nitrogens with one attached hydrogen (secondary N) is 1. The van der Waals surface area contributed by atoms with Crippen molar-refractivity contribution in [2.75, 3.05) is 31.3 Å². The molecule has 6 heteroatoms. The van der Waals surface area contributed by atoms with Crippen LogP contribution < -0.4 is 21.7 Å². The molecular formula is C13H20N4O2. The molecule has 0 aromatic heterocycles. The summed E-state index contributed by atoms with van der Waals surface area (Å²) in [6.07, 6.45) is 0. The first-order chi connectivity index (χ1) is 8.88. The fourth-order valence-corrected chi connectivity index (χ4v) is 1.94. The lowest BCUT2D eigenvalue weighted by Gasteiger charge is -2.24. The number of hydrogen-bond donors (Lipinski definition) is 3. The Morgan fingerprint density at radius 3 is 2.58 bits per heavy atom. The molecule has 0 aliphatic heterocycles. The van der Waals surface area contributed by atoms with E-state index < -0.39 is 5.91 Å². The smallest absolute Gasteiger partial charge is 0.250 e. The lowest BCUT2D eigenvalue weighted by molar-refractivity contribution is -0.123. The minimum Gasteiger partial charge on any atom is -0.396 e. The Morgan fingerprint density at radius 1 is 1.42 bits per heavy atom. The Hall–Kier alpha value is -2.24. The van der Waals surface area contributed by atoms with Crippen molar-refractivity contribution >= 4 is 23.2 Å². The summed E-state index contributed by atoms with van der Waals surface area (Å²) in [6.45, 7) is 2.32. The summed E-state index contributed by atoms with van der Waals surface area (Å²) < 4.78 is 0. The standard InChI is InChI=1S/C13H20N4O2/c1-8(13(19)16-2)7-17(3)10-6-4-5-9(11(10)14)12(15)18/h4-6,8H,7,14H2,1-3H3,(H2,15,18)(H,16,19). The fraction of sp³-hybridized carbons (Fsp3) is 0.385. The zero-order chi connectivity index (χ0) is 14.6. The summed E-state index contributed by atoms with van der Waals surface area (Å²) in [7, 11) is 3.41. The van der Waals surface area contributed by atoms with Crippen molar-refractivity contribution in [1.82, 2.24) is 5.32 Å². The molecule has 1 atom stereocenters. The molecule has 0 fully saturated rings. The molecule has 1 unspecified atom stereocenters. The molecule has 0 radical (unpaired) electrons. The second-order valence-corrected chi connectivity index (χ2v) is 4.50. The fourth-order valence-electron chi connectivity index (χ4n) is 1.94. The Labute approximate surface area is 112 Å². The number of nitrogens with zero attached hydrogens (tertiary/aromatic N) is 1. The van der Waals surface area contributed by atoms with E-state index in [0.29, 0.717) is 17.9 Å². The van der Waals surface area contributed by atoms with Crippen LogP contribution in [-0.4, -0.2) is 32.5 Å². The number of amides is 2. The molecular weight excluding hydrogens is 244 g/mol. The number of carbonyl (C=O) groups excluding carboxylic acids is 2. The highest BCUT2D eigenvalue weighted by Crippen LogP contribution is 2.26. The van der Waals surface area contributed by atoms with E-state index in [1.54, 1.807) is 25.2 Å². The molecule has 1 rings (SSSR count). The molecule has 19 heavy (non-hydrogen) atoms. The van der Waals surface area contributed by atoms with Crippen LogP contribution in [0.2, 0.25) is 0 Å². The maximum atomic E-state index is 11.5. The maximum absolute atomic E-state index is 11.5. The molecule has 104 valence electrons. The topological polar surface area (TPSA) is 101 Å². The van der Waals surface area contributed by atoms with Crippen LogP contribution in [0.15, 0.2) is 18.2 Å². The molecule has 0 spiro atoms. The van der Waals surface area contributed by atoms with Gasteiger partial charge in [0.15, 0.2) is 0 Å². The predicted octanol–water partition coefficient (Wildman–Crippen LogP) is 0.186. The number of anilines is 2. The first-order valence-corrected chi connectivity index (χ1v) is 5.99. The second-order valence-electron chi connectivity index (χ2n) is 4.50. The van der Waals surface area contributed by atoms with Crippen molar-refractivity contribution in [1.29, 1.82) is 0 Å². The van der Waals surface area contributed by atoms with Gasteiger partial charge in [-0.1, -0.05) is 13.0 Å². The summed E-state index contributed by atoms with van der Waals surface area (Å²) in [5, 5.41) is 2.59. The summed E-state index contributed by atoms with van der Waals surface area (Å²) >= 11 is 0. The number of rotatable bonds is 5. The number of benzene rings is 1. The maximum Gasteiger partial charge on any atom is 0.250 e. The van der Waals surface area contributed by atoms with Gasteiger partial charge in [0.2, 0.25) is 5.91 Å². The summed E-state index contributed by atoms with van der Waals surface area (Å²) in [5.41, 5.74) is 12.5. The Morgan fingerprint density at radius 2 is 2.05 bits per heavy atom. The molecule has 2 amide bonds. The molecule has 0 saturated carbocycles. The largest absolute Gasteiger partial charge is 0.396 e. The highest BCUT2D eigenvalue weighted by molar-refractivity contribution is 6.00. The molecule has 5 N–H and O–H groups in total. The molecule has 0 bridgehead atoms. The van der Waals surface area contributed by atoms with Gasteiger partial charge in [0.05, 0.1) is 22.9 Å². The van der Waals surface area contributed by atoms with Gasteiger partial charge in [0, 0.05) is 20.6 Å². The Balaban J connectivity index is 2.94. The van der Waals surface area contributed by atoms with Gasteiger partial charge in [-0.2, -0.15) is 0 Å². The van der Waals surface area contributed by atoms with Gasteiger partial charge in [-0.25, -0.2) is 0 Å². The van der Waals surface area contributed by atoms with Crippen LogP contribution in [0.4, 0.5) is 11.4 Å². The van der Waals surface area contributed by atoms with Crippen LogP contribution >= 0.6 is 0 Å². The summed E-state index contributed by atoms with van der Waals surface area (Å²) in [5.74, 6) is -0.796. The lowest BCUT2D eigenvalue weighted by Crippen LogP contribution is -2.34. The number of nitrogen functional groups attached to an aromatic ring is 1. The molecule has 0 aliphatic carbocycles. The van der Waals surface area contributed by atoms with Crippen LogP contribution in [0.3, 0.4) is 0 Å². The number of para-hydroxylation sites is 1. The average molecular weight is 264 g/mol. The third-order valence-electron chi connectivity index (χ3n) is 3.00. The van der Waals surface area contributed by atoms with Crippen LogP contribution in [-0.2, 0) is 4.79 Å². The normalized spacial score (nSPS) is 11.7. The molecule has 1 aromatic rings. The van der Waals surface area contributed by atoms with Crippen molar-refractivity contribution in [2.24, 2.45) is 11.7 Å². The first kappa shape index (κ1) is 14.8. The second kappa shape index (κ2) is 6.08. The van der Waals surface area contributed by atoms with Crippen LogP contribution in [0.5, 0.6) is 0 Å². The van der Waals surface area contributed by atoms with Crippen molar-refractivity contribution in [3.8, 4) is 0 Å². The van der Waals surface area contributed by atoms with Crippen LogP contribution in [0.1, 0.15) is 17.3 Å². The van der Waals surface area contributed by atoms with Gasteiger partial charge in [-0.05, 0) is 12.1 Å². The predicted molar refractivity (Wildman–Crippen MR) is 75.9 cm³/mol.